The van der Waals surface area contributed by atoms with Crippen LogP contribution in [0.15, 0.2) is 0 Å². The molecule has 3 heteroatoms. The molecule has 0 spiro atoms. The van der Waals surface area contributed by atoms with Gasteiger partial charge in [0.1, 0.15) is 0 Å². The molecule has 2 nitrogen and oxygen atoms in total. The minimum atomic E-state index is 0. The van der Waals surface area contributed by atoms with Crippen LogP contribution in [-0.2, 0) is 4.74 Å². The summed E-state index contributed by atoms with van der Waals surface area (Å²) in [5.41, 5.74) is 0. The van der Waals surface area contributed by atoms with Crippen LogP contribution in [0.3, 0.4) is 0 Å². The molecule has 2 fully saturated rings. The van der Waals surface area contributed by atoms with E-state index in [1.54, 1.807) is 0 Å². The van der Waals surface area contributed by atoms with E-state index in [1.165, 1.54) is 25.7 Å². The summed E-state index contributed by atoms with van der Waals surface area (Å²) < 4.78 is 5.62. The van der Waals surface area contributed by atoms with Crippen LogP contribution in [0, 0.1) is 0 Å². The Labute approximate surface area is 74.1 Å². The first kappa shape index (κ1) is 9.30. The SMILES string of the molecule is C1CC[C@H]2NCCOC2C1.Cl. The highest BCUT2D eigenvalue weighted by Gasteiger charge is 2.27. The fourth-order valence-electron chi connectivity index (χ4n) is 1.98. The van der Waals surface area contributed by atoms with Gasteiger partial charge >= 0.3 is 0 Å². The number of halogens is 1. The summed E-state index contributed by atoms with van der Waals surface area (Å²) in [4.78, 5) is 0. The van der Waals surface area contributed by atoms with Gasteiger partial charge in [0, 0.05) is 12.6 Å². The van der Waals surface area contributed by atoms with Crippen molar-refractivity contribution in [2.45, 2.75) is 37.8 Å². The summed E-state index contributed by atoms with van der Waals surface area (Å²) in [6.07, 6.45) is 5.89. The molecule has 1 unspecified atom stereocenters. The molecular weight excluding hydrogens is 162 g/mol. The van der Waals surface area contributed by atoms with Crippen molar-refractivity contribution < 1.29 is 4.74 Å². The maximum Gasteiger partial charge on any atom is 0.0728 e. The van der Waals surface area contributed by atoms with Crippen LogP contribution in [0.25, 0.3) is 0 Å². The highest BCUT2D eigenvalue weighted by Crippen LogP contribution is 2.22. The fraction of sp³-hybridized carbons (Fsp3) is 1.00. The lowest BCUT2D eigenvalue weighted by molar-refractivity contribution is -0.0235. The lowest BCUT2D eigenvalue weighted by atomic mass is 9.92. The molecule has 1 saturated heterocycles. The Morgan fingerprint density at radius 1 is 1.18 bits per heavy atom. The van der Waals surface area contributed by atoms with E-state index < -0.39 is 0 Å². The summed E-state index contributed by atoms with van der Waals surface area (Å²) in [5, 5.41) is 3.50. The van der Waals surface area contributed by atoms with Crippen LogP contribution in [0.5, 0.6) is 0 Å². The molecule has 11 heavy (non-hydrogen) atoms. The molecule has 1 heterocycles. The van der Waals surface area contributed by atoms with Gasteiger partial charge < -0.3 is 10.1 Å². The molecule has 0 radical (unpaired) electrons. The van der Waals surface area contributed by atoms with Crippen molar-refractivity contribution in [2.75, 3.05) is 13.2 Å². The lowest BCUT2D eigenvalue weighted by Gasteiger charge is -2.36. The highest BCUT2D eigenvalue weighted by molar-refractivity contribution is 5.85. The van der Waals surface area contributed by atoms with Crippen molar-refractivity contribution in [3.8, 4) is 0 Å². The third kappa shape index (κ3) is 2.08. The summed E-state index contributed by atoms with van der Waals surface area (Å²) in [6, 6.07) is 0.683. The Morgan fingerprint density at radius 3 is 2.82 bits per heavy atom. The van der Waals surface area contributed by atoms with E-state index in [4.69, 9.17) is 4.74 Å². The summed E-state index contributed by atoms with van der Waals surface area (Å²) in [5.74, 6) is 0. The zero-order chi connectivity index (χ0) is 6.81. The molecule has 1 N–H and O–H groups in total. The highest BCUT2D eigenvalue weighted by atomic mass is 35.5. The van der Waals surface area contributed by atoms with Crippen molar-refractivity contribution in [1.29, 1.82) is 0 Å². The topological polar surface area (TPSA) is 21.3 Å². The number of hydrogen-bond donors (Lipinski definition) is 1. The van der Waals surface area contributed by atoms with E-state index in [-0.39, 0.29) is 12.4 Å². The van der Waals surface area contributed by atoms with Crippen molar-refractivity contribution in [3.05, 3.63) is 0 Å². The molecule has 2 atom stereocenters. The van der Waals surface area contributed by atoms with Gasteiger partial charge in [0.05, 0.1) is 12.7 Å². The monoisotopic (exact) mass is 177 g/mol. The largest absolute Gasteiger partial charge is 0.375 e. The first-order valence-corrected chi connectivity index (χ1v) is 4.32. The molecule has 0 amide bonds. The zero-order valence-electron chi connectivity index (χ0n) is 6.71. The predicted octanol–water partition coefficient (Wildman–Crippen LogP) is 1.34. The molecule has 66 valence electrons. The lowest BCUT2D eigenvalue weighted by Crippen LogP contribution is -2.49. The van der Waals surface area contributed by atoms with Gasteiger partial charge in [0.2, 0.25) is 0 Å². The molecule has 0 bridgehead atoms. The van der Waals surface area contributed by atoms with Crippen LogP contribution in [0.1, 0.15) is 25.7 Å². The smallest absolute Gasteiger partial charge is 0.0728 e. The van der Waals surface area contributed by atoms with Crippen LogP contribution < -0.4 is 5.32 Å². The van der Waals surface area contributed by atoms with E-state index in [0.717, 1.165) is 13.2 Å². The Morgan fingerprint density at radius 2 is 2.00 bits per heavy atom. The van der Waals surface area contributed by atoms with Gasteiger partial charge in [0.25, 0.3) is 0 Å². The molecule has 1 aliphatic heterocycles. The minimum absolute atomic E-state index is 0. The van der Waals surface area contributed by atoms with Gasteiger partial charge in [-0.3, -0.25) is 0 Å². The first-order valence-electron chi connectivity index (χ1n) is 4.32. The normalized spacial score (nSPS) is 37.1. The van der Waals surface area contributed by atoms with Gasteiger partial charge in [-0.05, 0) is 12.8 Å². The number of ether oxygens (including phenoxy) is 1. The number of nitrogens with one attached hydrogen (secondary N) is 1. The molecule has 0 aromatic heterocycles. The van der Waals surface area contributed by atoms with E-state index in [0.29, 0.717) is 12.1 Å². The molecule has 0 aromatic rings. The molecule has 2 rings (SSSR count). The molecule has 1 saturated carbocycles. The first-order chi connectivity index (χ1) is 4.97. The second-order valence-corrected chi connectivity index (χ2v) is 3.25. The molecule has 1 aliphatic carbocycles. The van der Waals surface area contributed by atoms with E-state index >= 15 is 0 Å². The van der Waals surface area contributed by atoms with E-state index in [2.05, 4.69) is 5.32 Å². The maximum absolute atomic E-state index is 5.62. The second kappa shape index (κ2) is 4.29. The van der Waals surface area contributed by atoms with Crippen LogP contribution in [0.4, 0.5) is 0 Å². The Balaban J connectivity index is 0.000000605. The van der Waals surface area contributed by atoms with Crippen molar-refractivity contribution in [3.63, 3.8) is 0 Å². The number of fused-ring (bicyclic) bond motifs is 1. The summed E-state index contributed by atoms with van der Waals surface area (Å²) in [6.45, 7) is 1.97. The van der Waals surface area contributed by atoms with Gasteiger partial charge in [0.15, 0.2) is 0 Å². The quantitative estimate of drug-likeness (QED) is 0.603. The minimum Gasteiger partial charge on any atom is -0.375 e. The van der Waals surface area contributed by atoms with Gasteiger partial charge in [-0.15, -0.1) is 12.4 Å². The van der Waals surface area contributed by atoms with Crippen LogP contribution in [0.2, 0.25) is 0 Å². The molecule has 0 aromatic carbocycles. The summed E-state index contributed by atoms with van der Waals surface area (Å²) in [7, 11) is 0. The third-order valence-corrected chi connectivity index (χ3v) is 2.54. The average molecular weight is 178 g/mol. The van der Waals surface area contributed by atoms with E-state index in [9.17, 15) is 0 Å². The predicted molar refractivity (Wildman–Crippen MR) is 47.2 cm³/mol. The third-order valence-electron chi connectivity index (χ3n) is 2.54. The van der Waals surface area contributed by atoms with Crippen molar-refractivity contribution in [2.24, 2.45) is 0 Å². The van der Waals surface area contributed by atoms with Crippen molar-refractivity contribution in [1.82, 2.24) is 5.32 Å². The second-order valence-electron chi connectivity index (χ2n) is 3.25. The van der Waals surface area contributed by atoms with E-state index in [1.807, 2.05) is 0 Å². The van der Waals surface area contributed by atoms with Gasteiger partial charge in [-0.1, -0.05) is 12.8 Å². The number of rotatable bonds is 0. The van der Waals surface area contributed by atoms with Crippen LogP contribution >= 0.6 is 12.4 Å². The maximum atomic E-state index is 5.62. The van der Waals surface area contributed by atoms with Crippen molar-refractivity contribution >= 4 is 12.4 Å². The van der Waals surface area contributed by atoms with Gasteiger partial charge in [-0.25, -0.2) is 0 Å². The average Bonchev–Trinajstić information content (AvgIpc) is 2.05. The Bertz CT molecular complexity index is 94.7. The fourth-order valence-corrected chi connectivity index (χ4v) is 1.98. The Kier molecular flexibility index (Phi) is 3.63. The number of morpholine rings is 1. The van der Waals surface area contributed by atoms with Gasteiger partial charge in [-0.2, -0.15) is 0 Å². The zero-order valence-corrected chi connectivity index (χ0v) is 7.53. The van der Waals surface area contributed by atoms with Crippen LogP contribution in [-0.4, -0.2) is 25.3 Å². The summed E-state index contributed by atoms with van der Waals surface area (Å²) >= 11 is 0. The standard InChI is InChI=1S/C8H15NO.ClH/c1-2-4-8-7(3-1)9-5-6-10-8;/h7-9H,1-6H2;1H/t7-,8?;/m1./s1. The number of hydrogen-bond acceptors (Lipinski definition) is 2. The molecular formula is C8H16ClNO. The Hall–Kier alpha value is 0.210. The molecule has 2 aliphatic rings.